The fourth-order valence-corrected chi connectivity index (χ4v) is 3.03. The van der Waals surface area contributed by atoms with Gasteiger partial charge in [-0.3, -0.25) is 9.59 Å². The number of hydrogen-bond donors (Lipinski definition) is 1. The van der Waals surface area contributed by atoms with Crippen molar-refractivity contribution in [2.45, 2.75) is 0 Å². The summed E-state index contributed by atoms with van der Waals surface area (Å²) in [5.41, 5.74) is 2.61. The second-order valence-corrected chi connectivity index (χ2v) is 6.24. The molecule has 1 aromatic heterocycles. The van der Waals surface area contributed by atoms with Gasteiger partial charge in [-0.1, -0.05) is 48.5 Å². The number of aryl methyl sites for hydroxylation is 1. The first kappa shape index (κ1) is 16.7. The van der Waals surface area contributed by atoms with E-state index in [-0.39, 0.29) is 11.5 Å². The van der Waals surface area contributed by atoms with Crippen molar-refractivity contribution in [3.8, 4) is 11.3 Å². The number of aromatic nitrogens is 2. The molecule has 0 bridgehead atoms. The van der Waals surface area contributed by atoms with Gasteiger partial charge in [0.1, 0.15) is 0 Å². The summed E-state index contributed by atoms with van der Waals surface area (Å²) < 4.78 is 1.29. The second kappa shape index (κ2) is 6.88. The van der Waals surface area contributed by atoms with E-state index >= 15 is 0 Å². The van der Waals surface area contributed by atoms with Gasteiger partial charge in [0.05, 0.1) is 5.69 Å². The molecule has 0 aliphatic rings. The SMILES string of the molecule is Cn1nc(-c2cccc(NC(=O)c3cccc4ccccc34)c2)ccc1=O. The number of nitrogens with one attached hydrogen (secondary N) is 1. The van der Waals surface area contributed by atoms with E-state index in [9.17, 15) is 9.59 Å². The molecular formula is C22H17N3O2. The smallest absolute Gasteiger partial charge is 0.266 e. The number of fused-ring (bicyclic) bond motifs is 1. The standard InChI is InChI=1S/C22H17N3O2/c1-25-21(26)13-12-20(24-25)16-8-4-9-17(14-16)23-22(27)19-11-5-7-15-6-2-3-10-18(15)19/h2-14H,1H3,(H,23,27). The van der Waals surface area contributed by atoms with E-state index < -0.39 is 0 Å². The largest absolute Gasteiger partial charge is 0.322 e. The normalized spacial score (nSPS) is 10.7. The van der Waals surface area contributed by atoms with Gasteiger partial charge in [-0.25, -0.2) is 4.68 Å². The third-order valence-corrected chi connectivity index (χ3v) is 4.41. The van der Waals surface area contributed by atoms with E-state index in [0.29, 0.717) is 16.9 Å². The highest BCUT2D eigenvalue weighted by Gasteiger charge is 2.11. The lowest BCUT2D eigenvalue weighted by atomic mass is 10.0. The number of rotatable bonds is 3. The highest BCUT2D eigenvalue weighted by Crippen LogP contribution is 2.22. The molecule has 1 heterocycles. The minimum atomic E-state index is -0.169. The average molecular weight is 355 g/mol. The maximum atomic E-state index is 12.8. The van der Waals surface area contributed by atoms with E-state index in [1.807, 2.05) is 66.7 Å². The zero-order chi connectivity index (χ0) is 18.8. The Balaban J connectivity index is 1.65. The van der Waals surface area contributed by atoms with Crippen LogP contribution in [-0.2, 0) is 7.05 Å². The summed E-state index contributed by atoms with van der Waals surface area (Å²) in [5.74, 6) is -0.169. The van der Waals surface area contributed by atoms with E-state index in [1.54, 1.807) is 13.1 Å². The lowest BCUT2D eigenvalue weighted by Crippen LogP contribution is -2.18. The van der Waals surface area contributed by atoms with Crippen molar-refractivity contribution in [1.82, 2.24) is 9.78 Å². The first-order valence-electron chi connectivity index (χ1n) is 8.56. The molecule has 1 amide bonds. The average Bonchev–Trinajstić information content (AvgIpc) is 2.70. The number of nitrogens with zero attached hydrogens (tertiary/aromatic N) is 2. The summed E-state index contributed by atoms with van der Waals surface area (Å²) in [7, 11) is 1.61. The van der Waals surface area contributed by atoms with Crippen LogP contribution in [0.2, 0.25) is 0 Å². The predicted molar refractivity (Wildman–Crippen MR) is 107 cm³/mol. The molecule has 5 nitrogen and oxygen atoms in total. The van der Waals surface area contributed by atoms with E-state index in [0.717, 1.165) is 16.3 Å². The van der Waals surface area contributed by atoms with Crippen LogP contribution in [-0.4, -0.2) is 15.7 Å². The summed E-state index contributed by atoms with van der Waals surface area (Å²) in [6.07, 6.45) is 0. The molecule has 0 spiro atoms. The third kappa shape index (κ3) is 3.35. The van der Waals surface area contributed by atoms with Gasteiger partial charge in [0.25, 0.3) is 11.5 Å². The van der Waals surface area contributed by atoms with E-state index in [2.05, 4.69) is 10.4 Å². The van der Waals surface area contributed by atoms with Gasteiger partial charge in [0, 0.05) is 29.9 Å². The first-order chi connectivity index (χ1) is 13.1. The molecule has 3 aromatic carbocycles. The molecule has 0 atom stereocenters. The molecule has 0 unspecified atom stereocenters. The number of hydrogen-bond acceptors (Lipinski definition) is 3. The summed E-state index contributed by atoms with van der Waals surface area (Å²) in [5, 5.41) is 9.14. The number of amides is 1. The molecule has 4 rings (SSSR count). The predicted octanol–water partition coefficient (Wildman–Crippen LogP) is 3.85. The fraction of sp³-hybridized carbons (Fsp3) is 0.0455. The van der Waals surface area contributed by atoms with Crippen LogP contribution >= 0.6 is 0 Å². The van der Waals surface area contributed by atoms with Crippen LogP contribution in [0, 0.1) is 0 Å². The van der Waals surface area contributed by atoms with Crippen LogP contribution < -0.4 is 10.9 Å². The Labute approximate surface area is 155 Å². The van der Waals surface area contributed by atoms with Gasteiger partial charge in [0.15, 0.2) is 0 Å². The Morgan fingerprint density at radius 1 is 0.926 bits per heavy atom. The van der Waals surface area contributed by atoms with Crippen LogP contribution in [0.25, 0.3) is 22.0 Å². The van der Waals surface area contributed by atoms with Crippen LogP contribution in [0.1, 0.15) is 10.4 Å². The molecule has 0 aliphatic heterocycles. The van der Waals surface area contributed by atoms with Crippen molar-refractivity contribution in [1.29, 1.82) is 0 Å². The molecule has 0 saturated heterocycles. The molecule has 0 radical (unpaired) electrons. The monoisotopic (exact) mass is 355 g/mol. The first-order valence-corrected chi connectivity index (χ1v) is 8.56. The Hall–Kier alpha value is -3.73. The summed E-state index contributed by atoms with van der Waals surface area (Å²) in [6, 6.07) is 24.0. The minimum absolute atomic E-state index is 0.167. The molecule has 132 valence electrons. The van der Waals surface area contributed by atoms with Crippen molar-refractivity contribution >= 4 is 22.4 Å². The van der Waals surface area contributed by atoms with E-state index in [1.165, 1.54) is 10.7 Å². The van der Waals surface area contributed by atoms with Crippen molar-refractivity contribution in [3.05, 3.63) is 94.8 Å². The Kier molecular flexibility index (Phi) is 4.26. The van der Waals surface area contributed by atoms with Crippen molar-refractivity contribution < 1.29 is 4.79 Å². The molecular weight excluding hydrogens is 338 g/mol. The summed E-state index contributed by atoms with van der Waals surface area (Å²) in [6.45, 7) is 0. The minimum Gasteiger partial charge on any atom is -0.322 e. The Morgan fingerprint density at radius 3 is 2.56 bits per heavy atom. The van der Waals surface area contributed by atoms with Crippen LogP contribution in [0.15, 0.2) is 83.7 Å². The maximum absolute atomic E-state index is 12.8. The molecule has 27 heavy (non-hydrogen) atoms. The quantitative estimate of drug-likeness (QED) is 0.607. The molecule has 5 heteroatoms. The molecule has 0 aliphatic carbocycles. The van der Waals surface area contributed by atoms with Crippen molar-refractivity contribution in [3.63, 3.8) is 0 Å². The lowest BCUT2D eigenvalue weighted by Gasteiger charge is -2.10. The van der Waals surface area contributed by atoms with Gasteiger partial charge < -0.3 is 5.32 Å². The molecule has 0 fully saturated rings. The number of benzene rings is 3. The maximum Gasteiger partial charge on any atom is 0.266 e. The third-order valence-electron chi connectivity index (χ3n) is 4.41. The van der Waals surface area contributed by atoms with E-state index in [4.69, 9.17) is 0 Å². The zero-order valence-electron chi connectivity index (χ0n) is 14.7. The van der Waals surface area contributed by atoms with Gasteiger partial charge >= 0.3 is 0 Å². The molecule has 4 aromatic rings. The Morgan fingerprint density at radius 2 is 1.70 bits per heavy atom. The fourth-order valence-electron chi connectivity index (χ4n) is 3.03. The van der Waals surface area contributed by atoms with Crippen LogP contribution in [0.4, 0.5) is 5.69 Å². The van der Waals surface area contributed by atoms with Crippen LogP contribution in [0.5, 0.6) is 0 Å². The van der Waals surface area contributed by atoms with Crippen molar-refractivity contribution in [2.24, 2.45) is 7.05 Å². The lowest BCUT2D eigenvalue weighted by molar-refractivity contribution is 0.102. The number of anilines is 1. The topological polar surface area (TPSA) is 64.0 Å². The molecule has 0 saturated carbocycles. The van der Waals surface area contributed by atoms with Gasteiger partial charge in [0.2, 0.25) is 0 Å². The van der Waals surface area contributed by atoms with Gasteiger partial charge in [-0.05, 0) is 35.0 Å². The van der Waals surface area contributed by atoms with Crippen LogP contribution in [0.3, 0.4) is 0 Å². The Bertz CT molecular complexity index is 1210. The summed E-state index contributed by atoms with van der Waals surface area (Å²) in [4.78, 5) is 24.3. The molecule has 1 N–H and O–H groups in total. The highest BCUT2D eigenvalue weighted by molar-refractivity contribution is 6.13. The second-order valence-electron chi connectivity index (χ2n) is 6.24. The number of carbonyl (C=O) groups excluding carboxylic acids is 1. The number of carbonyl (C=O) groups is 1. The zero-order valence-corrected chi connectivity index (χ0v) is 14.7. The van der Waals surface area contributed by atoms with Gasteiger partial charge in [-0.2, -0.15) is 5.10 Å². The summed E-state index contributed by atoms with van der Waals surface area (Å²) >= 11 is 0. The van der Waals surface area contributed by atoms with Gasteiger partial charge in [-0.15, -0.1) is 0 Å². The van der Waals surface area contributed by atoms with Crippen molar-refractivity contribution in [2.75, 3.05) is 5.32 Å². The highest BCUT2D eigenvalue weighted by atomic mass is 16.1.